The standard InChI is InChI=1S/C19H29N5.HI/c1-15-9-6-7-10-18(15)14-23(5)19(20-4)21-11-8-12-24-17(3)13-16(2)22-24;/h6-7,9-10,13H,8,11-12,14H2,1-5H3,(H,20,21);1H. The zero-order chi connectivity index (χ0) is 17.5. The van der Waals surface area contributed by atoms with E-state index in [1.807, 2.05) is 14.0 Å². The largest absolute Gasteiger partial charge is 0.356 e. The Bertz CT molecular complexity index is 693. The molecule has 1 N–H and O–H groups in total. The second kappa shape index (κ2) is 10.4. The van der Waals surface area contributed by atoms with Crippen molar-refractivity contribution in [3.63, 3.8) is 0 Å². The maximum absolute atomic E-state index is 4.50. The van der Waals surface area contributed by atoms with Crippen molar-refractivity contribution >= 4 is 29.9 Å². The van der Waals surface area contributed by atoms with Crippen LogP contribution in [0.2, 0.25) is 0 Å². The zero-order valence-corrected chi connectivity index (χ0v) is 18.2. The van der Waals surface area contributed by atoms with Crippen molar-refractivity contribution in [2.45, 2.75) is 40.3 Å². The van der Waals surface area contributed by atoms with Crippen LogP contribution in [0.15, 0.2) is 35.3 Å². The lowest BCUT2D eigenvalue weighted by Gasteiger charge is -2.23. The molecule has 0 aliphatic carbocycles. The van der Waals surface area contributed by atoms with Gasteiger partial charge in [-0.15, -0.1) is 24.0 Å². The van der Waals surface area contributed by atoms with E-state index in [9.17, 15) is 0 Å². The molecule has 5 nitrogen and oxygen atoms in total. The molecule has 0 radical (unpaired) electrons. The Morgan fingerprint density at radius 1 is 1.24 bits per heavy atom. The van der Waals surface area contributed by atoms with Crippen molar-refractivity contribution in [2.24, 2.45) is 4.99 Å². The fourth-order valence-corrected chi connectivity index (χ4v) is 2.83. The highest BCUT2D eigenvalue weighted by Gasteiger charge is 2.08. The molecular formula is C19H30IN5. The smallest absolute Gasteiger partial charge is 0.193 e. The van der Waals surface area contributed by atoms with Gasteiger partial charge in [0.15, 0.2) is 5.96 Å². The van der Waals surface area contributed by atoms with E-state index in [-0.39, 0.29) is 24.0 Å². The summed E-state index contributed by atoms with van der Waals surface area (Å²) in [4.78, 5) is 6.55. The lowest BCUT2D eigenvalue weighted by molar-refractivity contribution is 0.469. The van der Waals surface area contributed by atoms with E-state index in [1.165, 1.54) is 16.8 Å². The molecule has 1 aromatic heterocycles. The average molecular weight is 455 g/mol. The number of hydrogen-bond acceptors (Lipinski definition) is 2. The van der Waals surface area contributed by atoms with Crippen LogP contribution in [0.5, 0.6) is 0 Å². The minimum absolute atomic E-state index is 0. The highest BCUT2D eigenvalue weighted by atomic mass is 127. The molecule has 0 saturated heterocycles. The number of rotatable bonds is 6. The maximum atomic E-state index is 4.50. The molecule has 0 unspecified atom stereocenters. The summed E-state index contributed by atoms with van der Waals surface area (Å²) in [7, 11) is 3.90. The second-order valence-corrected chi connectivity index (χ2v) is 6.26. The molecule has 0 bridgehead atoms. The molecule has 6 heteroatoms. The third kappa shape index (κ3) is 6.34. The summed E-state index contributed by atoms with van der Waals surface area (Å²) in [5, 5.41) is 7.94. The Morgan fingerprint density at radius 3 is 2.56 bits per heavy atom. The van der Waals surface area contributed by atoms with Gasteiger partial charge in [0.2, 0.25) is 0 Å². The monoisotopic (exact) mass is 455 g/mol. The van der Waals surface area contributed by atoms with Crippen molar-refractivity contribution in [2.75, 3.05) is 20.6 Å². The van der Waals surface area contributed by atoms with Crippen LogP contribution in [-0.4, -0.2) is 41.3 Å². The molecule has 1 heterocycles. The predicted molar refractivity (Wildman–Crippen MR) is 116 cm³/mol. The quantitative estimate of drug-likeness (QED) is 0.314. The number of aryl methyl sites for hydroxylation is 4. The summed E-state index contributed by atoms with van der Waals surface area (Å²) >= 11 is 0. The van der Waals surface area contributed by atoms with Crippen LogP contribution in [0.1, 0.15) is 28.9 Å². The highest BCUT2D eigenvalue weighted by Crippen LogP contribution is 2.09. The fourth-order valence-electron chi connectivity index (χ4n) is 2.83. The van der Waals surface area contributed by atoms with Crippen LogP contribution in [-0.2, 0) is 13.1 Å². The van der Waals surface area contributed by atoms with Crippen LogP contribution in [0.4, 0.5) is 0 Å². The van der Waals surface area contributed by atoms with Gasteiger partial charge in [0.05, 0.1) is 5.69 Å². The molecule has 0 saturated carbocycles. The Balaban J connectivity index is 0.00000312. The van der Waals surface area contributed by atoms with E-state index < -0.39 is 0 Å². The van der Waals surface area contributed by atoms with Gasteiger partial charge >= 0.3 is 0 Å². The number of guanidine groups is 1. The van der Waals surface area contributed by atoms with Crippen molar-refractivity contribution < 1.29 is 0 Å². The summed E-state index contributed by atoms with van der Waals surface area (Å²) in [6.45, 7) is 8.93. The highest BCUT2D eigenvalue weighted by molar-refractivity contribution is 14.0. The second-order valence-electron chi connectivity index (χ2n) is 6.26. The average Bonchev–Trinajstić information content (AvgIpc) is 2.87. The topological polar surface area (TPSA) is 45.5 Å². The lowest BCUT2D eigenvalue weighted by Crippen LogP contribution is -2.39. The Kier molecular flexibility index (Phi) is 8.96. The third-order valence-electron chi connectivity index (χ3n) is 4.18. The molecular weight excluding hydrogens is 425 g/mol. The molecule has 0 fully saturated rings. The van der Waals surface area contributed by atoms with Gasteiger partial charge in [0.1, 0.15) is 0 Å². The normalized spacial score (nSPS) is 11.2. The SMILES string of the molecule is CN=C(NCCCn1nc(C)cc1C)N(C)Cc1ccccc1C.I. The summed E-state index contributed by atoms with van der Waals surface area (Å²) in [6, 6.07) is 10.6. The Labute approximate surface area is 168 Å². The molecule has 0 amide bonds. The van der Waals surface area contributed by atoms with Crippen LogP contribution in [0.3, 0.4) is 0 Å². The summed E-state index contributed by atoms with van der Waals surface area (Å²) in [5.41, 5.74) is 4.93. The predicted octanol–water partition coefficient (Wildman–Crippen LogP) is 3.52. The van der Waals surface area contributed by atoms with Gasteiger partial charge < -0.3 is 10.2 Å². The molecule has 0 spiro atoms. The van der Waals surface area contributed by atoms with E-state index in [2.05, 4.69) is 76.2 Å². The number of aromatic nitrogens is 2. The lowest BCUT2D eigenvalue weighted by atomic mass is 10.1. The van der Waals surface area contributed by atoms with Crippen LogP contribution >= 0.6 is 24.0 Å². The molecule has 138 valence electrons. The van der Waals surface area contributed by atoms with E-state index in [0.717, 1.165) is 37.7 Å². The van der Waals surface area contributed by atoms with E-state index >= 15 is 0 Å². The minimum Gasteiger partial charge on any atom is -0.356 e. The number of nitrogens with one attached hydrogen (secondary N) is 1. The van der Waals surface area contributed by atoms with E-state index in [0.29, 0.717) is 0 Å². The van der Waals surface area contributed by atoms with Crippen molar-refractivity contribution in [3.8, 4) is 0 Å². The number of halogens is 1. The first-order valence-electron chi connectivity index (χ1n) is 8.48. The van der Waals surface area contributed by atoms with Crippen LogP contribution < -0.4 is 5.32 Å². The van der Waals surface area contributed by atoms with Crippen LogP contribution in [0.25, 0.3) is 0 Å². The molecule has 25 heavy (non-hydrogen) atoms. The van der Waals surface area contributed by atoms with Crippen molar-refractivity contribution in [1.82, 2.24) is 20.0 Å². The number of aliphatic imine (C=N–C) groups is 1. The van der Waals surface area contributed by atoms with Gasteiger partial charge in [0, 0.05) is 39.4 Å². The summed E-state index contributed by atoms with van der Waals surface area (Å²) in [6.07, 6.45) is 1.01. The van der Waals surface area contributed by atoms with Gasteiger partial charge in [-0.2, -0.15) is 5.10 Å². The van der Waals surface area contributed by atoms with Crippen LogP contribution in [0, 0.1) is 20.8 Å². The Morgan fingerprint density at radius 2 is 1.96 bits per heavy atom. The van der Waals surface area contributed by atoms with Gasteiger partial charge in [-0.3, -0.25) is 9.67 Å². The van der Waals surface area contributed by atoms with Gasteiger partial charge in [-0.25, -0.2) is 0 Å². The molecule has 0 atom stereocenters. The maximum Gasteiger partial charge on any atom is 0.193 e. The fraction of sp³-hybridized carbons (Fsp3) is 0.474. The molecule has 0 aliphatic heterocycles. The molecule has 2 aromatic rings. The first-order chi connectivity index (χ1) is 11.5. The van der Waals surface area contributed by atoms with E-state index in [1.54, 1.807) is 0 Å². The third-order valence-corrected chi connectivity index (χ3v) is 4.18. The molecule has 0 aliphatic rings. The zero-order valence-electron chi connectivity index (χ0n) is 15.9. The van der Waals surface area contributed by atoms with E-state index in [4.69, 9.17) is 0 Å². The first-order valence-corrected chi connectivity index (χ1v) is 8.48. The van der Waals surface area contributed by atoms with Gasteiger partial charge in [-0.05, 0) is 44.4 Å². The molecule has 1 aromatic carbocycles. The van der Waals surface area contributed by atoms with Crippen molar-refractivity contribution in [1.29, 1.82) is 0 Å². The number of nitrogens with zero attached hydrogens (tertiary/aromatic N) is 4. The Hall–Kier alpha value is -1.57. The summed E-state index contributed by atoms with van der Waals surface area (Å²) in [5.74, 6) is 0.923. The number of benzene rings is 1. The van der Waals surface area contributed by atoms with Crippen molar-refractivity contribution in [3.05, 3.63) is 52.8 Å². The minimum atomic E-state index is 0. The van der Waals surface area contributed by atoms with Gasteiger partial charge in [-0.1, -0.05) is 24.3 Å². The summed E-state index contributed by atoms with van der Waals surface area (Å²) < 4.78 is 2.07. The first kappa shape index (κ1) is 21.5. The van der Waals surface area contributed by atoms with Gasteiger partial charge in [0.25, 0.3) is 0 Å². The number of hydrogen-bond donors (Lipinski definition) is 1. The molecule has 2 rings (SSSR count).